The van der Waals surface area contributed by atoms with Gasteiger partial charge in [0.1, 0.15) is 6.54 Å². The number of hydrogen-bond acceptors (Lipinski definition) is 5. The number of aromatic nitrogens is 1. The third kappa shape index (κ3) is 8.76. The smallest absolute Gasteiger partial charge is 0.186 e. The molecule has 5 rings (SSSR count). The highest BCUT2D eigenvalue weighted by Gasteiger charge is 2.24. The average Bonchev–Trinajstić information content (AvgIpc) is 3.09. The van der Waals surface area contributed by atoms with E-state index >= 15 is 0 Å². The van der Waals surface area contributed by atoms with Gasteiger partial charge in [0.05, 0.1) is 11.1 Å². The van der Waals surface area contributed by atoms with Crippen molar-refractivity contribution < 1.29 is 33.4 Å². The van der Waals surface area contributed by atoms with Crippen molar-refractivity contribution in [2.24, 2.45) is 0 Å². The number of rotatable bonds is 7. The molecule has 0 amide bonds. The summed E-state index contributed by atoms with van der Waals surface area (Å²) >= 11 is 1.84. The van der Waals surface area contributed by atoms with Crippen molar-refractivity contribution in [1.29, 1.82) is 0 Å². The Morgan fingerprint density at radius 1 is 0.714 bits per heavy atom. The normalized spacial score (nSPS) is 13.5. The molecule has 0 unspecified atom stereocenters. The molecule has 2 aliphatic heterocycles. The van der Waals surface area contributed by atoms with Gasteiger partial charge >= 0.3 is 0 Å². The van der Waals surface area contributed by atoms with Gasteiger partial charge in [-0.25, -0.2) is 18.6 Å². The Balaban J connectivity index is 0.000000748. The number of thioether (sulfide) groups is 1. The molecule has 0 radical (unpaired) electrons. The quantitative estimate of drug-likeness (QED) is 0.291. The topological polar surface area (TPSA) is 96.1 Å². The lowest BCUT2D eigenvalue weighted by molar-refractivity contribution is -2.00. The van der Waals surface area contributed by atoms with Crippen LogP contribution >= 0.6 is 11.8 Å². The summed E-state index contributed by atoms with van der Waals surface area (Å²) in [5.74, 6) is 0. The summed E-state index contributed by atoms with van der Waals surface area (Å²) < 4.78 is 36.4. The van der Waals surface area contributed by atoms with Crippen LogP contribution in [0.1, 0.15) is 47.8 Å². The summed E-state index contributed by atoms with van der Waals surface area (Å²) in [6.45, 7) is 7.85. The van der Waals surface area contributed by atoms with E-state index in [-0.39, 0.29) is 0 Å². The molecular weight excluding hydrogens is 566 g/mol. The Bertz CT molecular complexity index is 1490. The second kappa shape index (κ2) is 14.6. The van der Waals surface area contributed by atoms with Gasteiger partial charge in [-0.3, -0.25) is 0 Å². The molecule has 0 fully saturated rings. The third-order valence-electron chi connectivity index (χ3n) is 7.01. The zero-order chi connectivity index (χ0) is 30.1. The molecule has 0 saturated heterocycles. The molecule has 7 heteroatoms. The summed E-state index contributed by atoms with van der Waals surface area (Å²) in [4.78, 5) is 2.54. The van der Waals surface area contributed by atoms with Crippen LogP contribution in [-0.2, 0) is 6.54 Å². The number of halogens is 1. The molecule has 1 aliphatic carbocycles. The molecule has 2 heterocycles. The van der Waals surface area contributed by atoms with E-state index in [1.54, 1.807) is 0 Å². The van der Waals surface area contributed by atoms with Crippen LogP contribution in [0.2, 0.25) is 0 Å². The van der Waals surface area contributed by atoms with Crippen molar-refractivity contribution in [2.45, 2.75) is 40.2 Å². The molecular formula is C35H34ClNO4S. The largest absolute Gasteiger partial charge is 0.222 e. The van der Waals surface area contributed by atoms with E-state index in [2.05, 4.69) is 141 Å². The molecule has 216 valence electrons. The molecule has 3 aliphatic rings. The van der Waals surface area contributed by atoms with Crippen LogP contribution in [0.25, 0.3) is 27.0 Å². The zero-order valence-electron chi connectivity index (χ0n) is 24.0. The number of hydrogen-bond donors (Lipinski definition) is 0. The van der Waals surface area contributed by atoms with Crippen LogP contribution in [-0.4, -0.2) is 0 Å². The first-order chi connectivity index (χ1) is 20.1. The first-order valence-electron chi connectivity index (χ1n) is 13.8. The van der Waals surface area contributed by atoms with Gasteiger partial charge in [0.2, 0.25) is 0 Å². The average molecular weight is 600 g/mol. The predicted molar refractivity (Wildman–Crippen MR) is 161 cm³/mol. The zero-order valence-corrected chi connectivity index (χ0v) is 25.5. The van der Waals surface area contributed by atoms with Crippen molar-refractivity contribution in [1.82, 2.24) is 0 Å². The van der Waals surface area contributed by atoms with Gasteiger partial charge in [0, 0.05) is 30.1 Å². The highest BCUT2D eigenvalue weighted by Crippen LogP contribution is 2.43. The highest BCUT2D eigenvalue weighted by molar-refractivity contribution is 8.16. The molecule has 0 spiro atoms. The van der Waals surface area contributed by atoms with Crippen molar-refractivity contribution >= 4 is 27.6 Å². The molecule has 0 aromatic heterocycles. The number of allylic oxidation sites excluding steroid dienone is 5. The summed E-state index contributed by atoms with van der Waals surface area (Å²) in [5.41, 5.74) is 10.3. The summed E-state index contributed by atoms with van der Waals surface area (Å²) in [6.07, 6.45) is 13.6. The molecule has 0 N–H and O–H groups in total. The third-order valence-corrected chi connectivity index (χ3v) is 8.16. The SMILES string of the molecule is CCCC[n+]1c(C)c2ccc(/C=C/C=C3C=C(c4ccccc4)SC(c4ccccc4)=C3)ccc-2c1C.[O-][Cl+3]([O-])([O-])[O-]. The standard InChI is InChI=1S/C35H34NS.ClHO4/c1-4-5-23-36-26(2)32-21-19-28(20-22-33(32)27(36)3)13-12-14-29-24-34(30-15-8-6-9-16-30)37-35(25-29)31-17-10-7-11-18-31;2-1(3,4)5/h6-22,24-25H,4-5,23H2,1-3H3;(H,2,3,4,5)/q+1;/p-1/b13-12+;. The number of fused-ring (bicyclic) bond motifs is 1. The van der Waals surface area contributed by atoms with Gasteiger partial charge in [0.15, 0.2) is 11.4 Å². The maximum atomic E-state index is 8.49. The van der Waals surface area contributed by atoms with Gasteiger partial charge < -0.3 is 0 Å². The van der Waals surface area contributed by atoms with Gasteiger partial charge in [0.25, 0.3) is 0 Å². The lowest BCUT2D eigenvalue weighted by atomic mass is 10.1. The fourth-order valence-electron chi connectivity index (χ4n) is 4.91. The van der Waals surface area contributed by atoms with Crippen LogP contribution in [0.15, 0.2) is 115 Å². The summed E-state index contributed by atoms with van der Waals surface area (Å²) in [7, 11) is -4.94. The van der Waals surface area contributed by atoms with Crippen LogP contribution < -0.4 is 23.2 Å². The Morgan fingerprint density at radius 2 is 1.19 bits per heavy atom. The molecule has 0 saturated carbocycles. The van der Waals surface area contributed by atoms with Gasteiger partial charge in [-0.05, 0) is 46.5 Å². The lowest BCUT2D eigenvalue weighted by Crippen LogP contribution is -2.68. The molecule has 0 atom stereocenters. The second-order valence-corrected chi connectivity index (χ2v) is 11.8. The van der Waals surface area contributed by atoms with Crippen LogP contribution in [0.4, 0.5) is 0 Å². The Hall–Kier alpha value is -3.49. The Labute approximate surface area is 254 Å². The van der Waals surface area contributed by atoms with Crippen molar-refractivity contribution in [3.8, 4) is 11.1 Å². The minimum absolute atomic E-state index is 1.10. The van der Waals surface area contributed by atoms with E-state index in [1.807, 2.05) is 11.8 Å². The Morgan fingerprint density at radius 3 is 1.64 bits per heavy atom. The van der Waals surface area contributed by atoms with E-state index in [4.69, 9.17) is 18.6 Å². The maximum absolute atomic E-state index is 8.49. The monoisotopic (exact) mass is 599 g/mol. The molecule has 42 heavy (non-hydrogen) atoms. The van der Waals surface area contributed by atoms with Crippen molar-refractivity contribution in [3.05, 3.63) is 143 Å². The maximum Gasteiger partial charge on any atom is 0.186 e. The minimum atomic E-state index is -4.94. The highest BCUT2D eigenvalue weighted by atomic mass is 35.7. The summed E-state index contributed by atoms with van der Waals surface area (Å²) in [6, 6.07) is 30.3. The number of unbranched alkanes of at least 4 members (excludes halogenated alkanes) is 1. The molecule has 0 bridgehead atoms. The van der Waals surface area contributed by atoms with E-state index in [0.29, 0.717) is 0 Å². The Kier molecular flexibility index (Phi) is 10.9. The summed E-state index contributed by atoms with van der Waals surface area (Å²) in [5, 5.41) is 0. The number of nitrogens with zero attached hydrogens (tertiary/aromatic N) is 1. The van der Waals surface area contributed by atoms with E-state index < -0.39 is 10.2 Å². The minimum Gasteiger partial charge on any atom is -0.222 e. The number of benzene rings is 2. The van der Waals surface area contributed by atoms with Gasteiger partial charge in [-0.1, -0.05) is 116 Å². The predicted octanol–water partition coefficient (Wildman–Crippen LogP) is 4.51. The van der Waals surface area contributed by atoms with E-state index in [0.717, 1.165) is 6.54 Å². The van der Waals surface area contributed by atoms with Gasteiger partial charge in [-0.15, -0.1) is 10.2 Å². The van der Waals surface area contributed by atoms with E-state index in [1.165, 1.54) is 67.4 Å². The van der Waals surface area contributed by atoms with Crippen LogP contribution in [0.3, 0.4) is 0 Å². The lowest BCUT2D eigenvalue weighted by Gasteiger charge is -2.17. The fourth-order valence-corrected chi connectivity index (χ4v) is 6.04. The molecule has 2 aromatic carbocycles. The van der Waals surface area contributed by atoms with Crippen LogP contribution in [0, 0.1) is 24.1 Å². The van der Waals surface area contributed by atoms with Crippen LogP contribution in [0.5, 0.6) is 0 Å². The van der Waals surface area contributed by atoms with Crippen molar-refractivity contribution in [2.75, 3.05) is 0 Å². The molecule has 5 nitrogen and oxygen atoms in total. The first-order valence-corrected chi connectivity index (χ1v) is 15.8. The second-order valence-electron chi connectivity index (χ2n) is 9.93. The molecule has 2 aromatic rings. The first kappa shape index (κ1) is 31.4. The van der Waals surface area contributed by atoms with Crippen molar-refractivity contribution in [3.63, 3.8) is 0 Å². The fraction of sp³-hybridized carbons (Fsp3) is 0.171. The van der Waals surface area contributed by atoms with E-state index in [9.17, 15) is 0 Å². The van der Waals surface area contributed by atoms with Gasteiger partial charge in [-0.2, -0.15) is 4.57 Å².